The van der Waals surface area contributed by atoms with Crippen LogP contribution in [0.1, 0.15) is 37.3 Å². The van der Waals surface area contributed by atoms with Gasteiger partial charge in [0.05, 0.1) is 39.0 Å². The van der Waals surface area contributed by atoms with Gasteiger partial charge in [-0.1, -0.05) is 5.16 Å². The number of nitrogens with two attached hydrogens (primary N) is 1. The second kappa shape index (κ2) is 7.39. The van der Waals surface area contributed by atoms with Gasteiger partial charge in [-0.25, -0.2) is 9.18 Å². The molecule has 136 valence electrons. The Morgan fingerprint density at radius 2 is 2.16 bits per heavy atom. The number of unbranched alkanes of at least 4 members (excludes halogenated alkanes) is 1. The minimum Gasteiger partial charge on any atom is -0.450 e. The molecule has 7 heteroatoms. The lowest BCUT2D eigenvalue weighted by Crippen LogP contribution is -2.50. The maximum atomic E-state index is 13.3. The van der Waals surface area contributed by atoms with E-state index in [0.717, 1.165) is 60.9 Å². The van der Waals surface area contributed by atoms with Gasteiger partial charge in [0, 0.05) is 30.2 Å². The highest BCUT2D eigenvalue weighted by atomic mass is 19.1. The lowest BCUT2D eigenvalue weighted by Gasteiger charge is -2.40. The van der Waals surface area contributed by atoms with Gasteiger partial charge in [0.1, 0.15) is 5.82 Å². The molecule has 0 unspecified atom stereocenters. The van der Waals surface area contributed by atoms with Crippen molar-refractivity contribution in [3.63, 3.8) is 0 Å². The number of amides is 1. The van der Waals surface area contributed by atoms with E-state index in [1.54, 1.807) is 6.07 Å². The monoisotopic (exact) mass is 350 g/mol. The number of primary amides is 1. The molecule has 3 rings (SSSR count). The van der Waals surface area contributed by atoms with E-state index in [-0.39, 0.29) is 5.82 Å². The highest BCUT2D eigenvalue weighted by Gasteiger charge is 2.32. The molecule has 25 heavy (non-hydrogen) atoms. The van der Waals surface area contributed by atoms with Crippen molar-refractivity contribution in [2.75, 3.05) is 33.3 Å². The first-order chi connectivity index (χ1) is 12.0. The topological polar surface area (TPSA) is 78.4 Å². The molecule has 1 aromatic carbocycles. The smallest absolute Gasteiger partial charge is 0.404 e. The summed E-state index contributed by atoms with van der Waals surface area (Å²) >= 11 is 0. The van der Waals surface area contributed by atoms with Crippen molar-refractivity contribution >= 4 is 17.1 Å². The van der Waals surface area contributed by atoms with Crippen LogP contribution in [0.4, 0.5) is 9.18 Å². The summed E-state index contributed by atoms with van der Waals surface area (Å²) in [6, 6.07) is 4.61. The average molecular weight is 350 g/mol. The first-order valence-electron chi connectivity index (χ1n) is 8.77. The quantitative estimate of drug-likeness (QED) is 0.641. The van der Waals surface area contributed by atoms with Gasteiger partial charge in [0.2, 0.25) is 0 Å². The Hall–Kier alpha value is -2.15. The Morgan fingerprint density at radius 3 is 2.88 bits per heavy atom. The number of quaternary nitrogens is 1. The van der Waals surface area contributed by atoms with E-state index in [1.165, 1.54) is 12.1 Å². The molecule has 1 aromatic heterocycles. The average Bonchev–Trinajstić information content (AvgIpc) is 2.98. The summed E-state index contributed by atoms with van der Waals surface area (Å²) in [5, 5.41) is 5.12. The largest absolute Gasteiger partial charge is 0.450 e. The standard InChI is InChI=1S/C18H24FN3O3/c1-22(8-2-3-11-24-18(20)23)9-6-13(7-10-22)17-15-5-4-14(19)12-16(15)25-21-17/h4-5,12-13H,2-3,6-11H2,1H3,(H-,20,23)/p+1. The number of aromatic nitrogens is 1. The zero-order valence-corrected chi connectivity index (χ0v) is 14.5. The molecule has 2 heterocycles. The highest BCUT2D eigenvalue weighted by Crippen LogP contribution is 2.34. The second-order valence-corrected chi connectivity index (χ2v) is 7.15. The first-order valence-corrected chi connectivity index (χ1v) is 8.77. The zero-order valence-electron chi connectivity index (χ0n) is 14.5. The summed E-state index contributed by atoms with van der Waals surface area (Å²) in [6.45, 7) is 3.58. The summed E-state index contributed by atoms with van der Waals surface area (Å²) in [7, 11) is 2.27. The Bertz CT molecular complexity index is 738. The van der Waals surface area contributed by atoms with Crippen LogP contribution in [0, 0.1) is 5.82 Å². The van der Waals surface area contributed by atoms with E-state index in [2.05, 4.69) is 12.2 Å². The van der Waals surface area contributed by atoms with Crippen molar-refractivity contribution in [3.8, 4) is 0 Å². The normalized spacial score (nSPS) is 23.7. The lowest BCUT2D eigenvalue weighted by atomic mass is 9.90. The molecule has 6 nitrogen and oxygen atoms in total. The van der Waals surface area contributed by atoms with Crippen molar-refractivity contribution in [1.29, 1.82) is 0 Å². The first kappa shape index (κ1) is 17.7. The molecule has 1 aliphatic rings. The molecule has 0 bridgehead atoms. The number of hydrogen-bond acceptors (Lipinski definition) is 4. The number of rotatable bonds is 6. The van der Waals surface area contributed by atoms with Crippen molar-refractivity contribution in [1.82, 2.24) is 5.16 Å². The van der Waals surface area contributed by atoms with Crippen molar-refractivity contribution < 1.29 is 22.9 Å². The van der Waals surface area contributed by atoms with E-state index >= 15 is 0 Å². The summed E-state index contributed by atoms with van der Waals surface area (Å²) in [5.41, 5.74) is 6.43. The van der Waals surface area contributed by atoms with E-state index in [9.17, 15) is 9.18 Å². The van der Waals surface area contributed by atoms with Gasteiger partial charge in [-0.15, -0.1) is 0 Å². The van der Waals surface area contributed by atoms with Crippen LogP contribution >= 0.6 is 0 Å². The van der Waals surface area contributed by atoms with Gasteiger partial charge in [0.15, 0.2) is 5.58 Å². The van der Waals surface area contributed by atoms with Crippen LogP contribution in [0.2, 0.25) is 0 Å². The van der Waals surface area contributed by atoms with Gasteiger partial charge >= 0.3 is 6.09 Å². The number of carbonyl (C=O) groups excluding carboxylic acids is 1. The van der Waals surface area contributed by atoms with Crippen LogP contribution in [-0.2, 0) is 4.74 Å². The number of nitrogens with zero attached hydrogens (tertiary/aromatic N) is 2. The van der Waals surface area contributed by atoms with Gasteiger partial charge in [-0.05, 0) is 25.0 Å². The number of ether oxygens (including phenoxy) is 1. The Kier molecular flexibility index (Phi) is 5.22. The molecule has 0 radical (unpaired) electrons. The Balaban J connectivity index is 1.53. The van der Waals surface area contributed by atoms with Crippen LogP contribution in [0.5, 0.6) is 0 Å². The lowest BCUT2D eigenvalue weighted by molar-refractivity contribution is -0.914. The molecule has 0 saturated carbocycles. The third-order valence-corrected chi connectivity index (χ3v) is 5.22. The van der Waals surface area contributed by atoms with Gasteiger partial charge in [-0.3, -0.25) is 0 Å². The number of halogens is 1. The van der Waals surface area contributed by atoms with Crippen LogP contribution in [0.3, 0.4) is 0 Å². The zero-order chi connectivity index (χ0) is 17.9. The fourth-order valence-electron chi connectivity index (χ4n) is 3.68. The fraction of sp³-hybridized carbons (Fsp3) is 0.556. The molecule has 1 amide bonds. The highest BCUT2D eigenvalue weighted by molar-refractivity contribution is 5.79. The van der Waals surface area contributed by atoms with Gasteiger partial charge < -0.3 is 19.5 Å². The SMILES string of the molecule is C[N+]1(CCCCOC(N)=O)CCC(c2noc3cc(F)ccc23)CC1. The Labute approximate surface area is 146 Å². The summed E-state index contributed by atoms with van der Waals surface area (Å²) in [6.07, 6.45) is 3.20. The molecule has 0 atom stereocenters. The minimum absolute atomic E-state index is 0.302. The Morgan fingerprint density at radius 1 is 1.40 bits per heavy atom. The molecule has 1 saturated heterocycles. The molecule has 1 fully saturated rings. The third kappa shape index (κ3) is 4.28. The number of piperidine rings is 1. The predicted molar refractivity (Wildman–Crippen MR) is 91.5 cm³/mol. The number of hydrogen-bond donors (Lipinski definition) is 1. The van der Waals surface area contributed by atoms with Crippen molar-refractivity contribution in [2.45, 2.75) is 31.6 Å². The number of likely N-dealkylation sites (tertiary alicyclic amines) is 1. The maximum Gasteiger partial charge on any atom is 0.404 e. The molecule has 0 spiro atoms. The van der Waals surface area contributed by atoms with E-state index in [4.69, 9.17) is 15.0 Å². The third-order valence-electron chi connectivity index (χ3n) is 5.22. The van der Waals surface area contributed by atoms with Crippen molar-refractivity contribution in [2.24, 2.45) is 5.73 Å². The van der Waals surface area contributed by atoms with Gasteiger partial charge in [0.25, 0.3) is 0 Å². The molecular weight excluding hydrogens is 325 g/mol. The molecule has 2 N–H and O–H groups in total. The van der Waals surface area contributed by atoms with E-state index < -0.39 is 6.09 Å². The predicted octanol–water partition coefficient (Wildman–Crippen LogP) is 3.17. The maximum absolute atomic E-state index is 13.3. The number of carbonyl (C=O) groups is 1. The molecule has 1 aliphatic heterocycles. The fourth-order valence-corrected chi connectivity index (χ4v) is 3.68. The molecule has 0 aliphatic carbocycles. The van der Waals surface area contributed by atoms with E-state index in [0.29, 0.717) is 18.1 Å². The number of fused-ring (bicyclic) bond motifs is 1. The van der Waals surface area contributed by atoms with E-state index in [1.807, 2.05) is 0 Å². The molecular formula is C18H25FN3O3+. The van der Waals surface area contributed by atoms with Crippen LogP contribution in [0.25, 0.3) is 11.0 Å². The van der Waals surface area contributed by atoms with Crippen LogP contribution < -0.4 is 5.73 Å². The summed E-state index contributed by atoms with van der Waals surface area (Å²) in [4.78, 5) is 10.5. The van der Waals surface area contributed by atoms with Crippen LogP contribution in [-0.4, -0.2) is 49.0 Å². The summed E-state index contributed by atoms with van der Waals surface area (Å²) < 4.78 is 24.4. The molecule has 2 aromatic rings. The van der Waals surface area contributed by atoms with Crippen LogP contribution in [0.15, 0.2) is 22.7 Å². The van der Waals surface area contributed by atoms with Gasteiger partial charge in [-0.2, -0.15) is 0 Å². The second-order valence-electron chi connectivity index (χ2n) is 7.15. The number of benzene rings is 1. The summed E-state index contributed by atoms with van der Waals surface area (Å²) in [5.74, 6) is 0.0551. The van der Waals surface area contributed by atoms with Crippen molar-refractivity contribution in [3.05, 3.63) is 29.7 Å². The minimum atomic E-state index is -0.707.